The summed E-state index contributed by atoms with van der Waals surface area (Å²) in [7, 11) is 0. The number of halogens is 1. The summed E-state index contributed by atoms with van der Waals surface area (Å²) in [5.41, 5.74) is 2.20. The highest BCUT2D eigenvalue weighted by atomic mass is 35.5. The second kappa shape index (κ2) is 7.20. The zero-order valence-electron chi connectivity index (χ0n) is 13.6. The molecule has 1 aliphatic rings. The zero-order chi connectivity index (χ0) is 17.1. The third-order valence-electron chi connectivity index (χ3n) is 4.62. The van der Waals surface area contributed by atoms with E-state index in [4.69, 9.17) is 11.6 Å². The maximum absolute atomic E-state index is 11.0. The van der Waals surface area contributed by atoms with E-state index in [1.165, 1.54) is 6.07 Å². The van der Waals surface area contributed by atoms with Gasteiger partial charge in [0.15, 0.2) is 0 Å². The summed E-state index contributed by atoms with van der Waals surface area (Å²) in [6, 6.07) is 15.0. The summed E-state index contributed by atoms with van der Waals surface area (Å²) in [6.07, 6.45) is 0. The molecular weight excluding hydrogens is 326 g/mol. The highest BCUT2D eigenvalue weighted by Gasteiger charge is 2.23. The number of non-ortho nitro benzene ring substituents is 1. The quantitative estimate of drug-likeness (QED) is 0.617. The number of rotatable bonds is 4. The van der Waals surface area contributed by atoms with Gasteiger partial charge in [-0.2, -0.15) is 0 Å². The molecular formula is C18H20ClN3O2. The SMILES string of the molecule is C[C@@H](c1cccc([N+](=O)[O-])c1)N1CCN(c2ccccc2Cl)CC1. The van der Waals surface area contributed by atoms with E-state index in [2.05, 4.69) is 16.7 Å². The van der Waals surface area contributed by atoms with E-state index in [0.717, 1.165) is 42.5 Å². The van der Waals surface area contributed by atoms with Gasteiger partial charge in [-0.3, -0.25) is 15.0 Å². The fraction of sp³-hybridized carbons (Fsp3) is 0.333. The number of nitro benzene ring substituents is 1. The van der Waals surface area contributed by atoms with Gasteiger partial charge in [-0.05, 0) is 24.6 Å². The maximum Gasteiger partial charge on any atom is 0.269 e. The van der Waals surface area contributed by atoms with E-state index in [0.29, 0.717) is 0 Å². The molecule has 1 aliphatic heterocycles. The van der Waals surface area contributed by atoms with Crippen molar-refractivity contribution in [1.82, 2.24) is 4.90 Å². The fourth-order valence-corrected chi connectivity index (χ4v) is 3.42. The Morgan fingerprint density at radius 3 is 2.46 bits per heavy atom. The molecule has 0 amide bonds. The molecule has 2 aromatic rings. The molecule has 0 N–H and O–H groups in total. The van der Waals surface area contributed by atoms with Gasteiger partial charge < -0.3 is 4.90 Å². The van der Waals surface area contributed by atoms with E-state index in [1.54, 1.807) is 12.1 Å². The van der Waals surface area contributed by atoms with Crippen molar-refractivity contribution in [3.8, 4) is 0 Å². The normalized spacial score (nSPS) is 16.8. The number of anilines is 1. The molecule has 2 aromatic carbocycles. The predicted octanol–water partition coefficient (Wildman–Crippen LogP) is 4.13. The summed E-state index contributed by atoms with van der Waals surface area (Å²) >= 11 is 6.28. The molecule has 5 nitrogen and oxygen atoms in total. The van der Waals surface area contributed by atoms with Gasteiger partial charge in [0.1, 0.15) is 0 Å². The molecule has 126 valence electrons. The first kappa shape index (κ1) is 16.7. The lowest BCUT2D eigenvalue weighted by Crippen LogP contribution is -2.47. The van der Waals surface area contributed by atoms with Gasteiger partial charge in [0.25, 0.3) is 5.69 Å². The first-order valence-electron chi connectivity index (χ1n) is 8.04. The van der Waals surface area contributed by atoms with Crippen molar-refractivity contribution >= 4 is 23.0 Å². The minimum absolute atomic E-state index is 0.147. The van der Waals surface area contributed by atoms with Crippen molar-refractivity contribution in [3.63, 3.8) is 0 Å². The summed E-state index contributed by atoms with van der Waals surface area (Å²) < 4.78 is 0. The molecule has 0 aliphatic carbocycles. The molecule has 1 saturated heterocycles. The predicted molar refractivity (Wildman–Crippen MR) is 96.7 cm³/mol. The van der Waals surface area contributed by atoms with Crippen LogP contribution in [0.1, 0.15) is 18.5 Å². The standard InChI is InChI=1S/C18H20ClN3O2/c1-14(15-5-4-6-16(13-15)22(23)24)20-9-11-21(12-10-20)18-8-3-2-7-17(18)19/h2-8,13-14H,9-12H2,1H3/t14-/m0/s1. The van der Waals surface area contributed by atoms with Crippen LogP contribution >= 0.6 is 11.6 Å². The lowest BCUT2D eigenvalue weighted by Gasteiger charge is -2.39. The van der Waals surface area contributed by atoms with Crippen LogP contribution in [0.15, 0.2) is 48.5 Å². The molecule has 24 heavy (non-hydrogen) atoms. The summed E-state index contributed by atoms with van der Waals surface area (Å²) in [4.78, 5) is 15.3. The molecule has 0 bridgehead atoms. The van der Waals surface area contributed by atoms with Crippen LogP contribution in [-0.4, -0.2) is 36.0 Å². The van der Waals surface area contributed by atoms with Gasteiger partial charge in [-0.25, -0.2) is 0 Å². The van der Waals surface area contributed by atoms with Crippen LogP contribution in [0.4, 0.5) is 11.4 Å². The third-order valence-corrected chi connectivity index (χ3v) is 4.94. The molecule has 1 fully saturated rings. The highest BCUT2D eigenvalue weighted by molar-refractivity contribution is 6.33. The molecule has 0 spiro atoms. The molecule has 0 unspecified atom stereocenters. The maximum atomic E-state index is 11.0. The number of nitrogens with zero attached hydrogens (tertiary/aromatic N) is 3. The Hall–Kier alpha value is -2.11. The molecule has 0 saturated carbocycles. The number of hydrogen-bond donors (Lipinski definition) is 0. The largest absolute Gasteiger partial charge is 0.368 e. The van der Waals surface area contributed by atoms with Crippen LogP contribution in [0.5, 0.6) is 0 Å². The fourth-order valence-electron chi connectivity index (χ4n) is 3.17. The Morgan fingerprint density at radius 1 is 1.08 bits per heavy atom. The van der Waals surface area contributed by atoms with Gasteiger partial charge in [0.2, 0.25) is 0 Å². The van der Waals surface area contributed by atoms with Crippen LogP contribution in [0, 0.1) is 10.1 Å². The molecule has 3 rings (SSSR count). The van der Waals surface area contributed by atoms with Crippen molar-refractivity contribution in [3.05, 3.63) is 69.2 Å². The Bertz CT molecular complexity index is 730. The van der Waals surface area contributed by atoms with Gasteiger partial charge in [0.05, 0.1) is 15.6 Å². The van der Waals surface area contributed by atoms with Crippen molar-refractivity contribution in [1.29, 1.82) is 0 Å². The average Bonchev–Trinajstić information content (AvgIpc) is 2.62. The molecule has 1 atom stereocenters. The number of nitro groups is 1. The van der Waals surface area contributed by atoms with Gasteiger partial charge >= 0.3 is 0 Å². The first-order valence-corrected chi connectivity index (χ1v) is 8.42. The number of para-hydroxylation sites is 1. The third kappa shape index (κ3) is 3.52. The van der Waals surface area contributed by atoms with Gasteiger partial charge in [-0.1, -0.05) is 35.9 Å². The second-order valence-electron chi connectivity index (χ2n) is 6.00. The van der Waals surface area contributed by atoms with Crippen LogP contribution in [-0.2, 0) is 0 Å². The van der Waals surface area contributed by atoms with Crippen LogP contribution in [0.25, 0.3) is 0 Å². The summed E-state index contributed by atoms with van der Waals surface area (Å²) in [6.45, 7) is 5.68. The van der Waals surface area contributed by atoms with Crippen molar-refractivity contribution < 1.29 is 4.92 Å². The van der Waals surface area contributed by atoms with Crippen LogP contribution < -0.4 is 4.90 Å². The molecule has 1 heterocycles. The average molecular weight is 346 g/mol. The lowest BCUT2D eigenvalue weighted by molar-refractivity contribution is -0.384. The van der Waals surface area contributed by atoms with Crippen molar-refractivity contribution in [2.75, 3.05) is 31.1 Å². The monoisotopic (exact) mass is 345 g/mol. The van der Waals surface area contributed by atoms with E-state index >= 15 is 0 Å². The first-order chi connectivity index (χ1) is 11.6. The lowest BCUT2D eigenvalue weighted by atomic mass is 10.1. The topological polar surface area (TPSA) is 49.6 Å². The summed E-state index contributed by atoms with van der Waals surface area (Å²) in [5, 5.41) is 11.7. The van der Waals surface area contributed by atoms with E-state index in [9.17, 15) is 10.1 Å². The smallest absolute Gasteiger partial charge is 0.269 e. The Labute approximate surface area is 146 Å². The van der Waals surface area contributed by atoms with Gasteiger partial charge in [0, 0.05) is 44.4 Å². The Balaban J connectivity index is 1.67. The highest BCUT2D eigenvalue weighted by Crippen LogP contribution is 2.29. The molecule has 6 heteroatoms. The minimum atomic E-state index is -0.342. The summed E-state index contributed by atoms with van der Waals surface area (Å²) in [5.74, 6) is 0. The van der Waals surface area contributed by atoms with E-state index < -0.39 is 0 Å². The minimum Gasteiger partial charge on any atom is -0.368 e. The second-order valence-corrected chi connectivity index (χ2v) is 6.41. The number of hydrogen-bond acceptors (Lipinski definition) is 4. The molecule has 0 radical (unpaired) electrons. The number of benzene rings is 2. The van der Waals surface area contributed by atoms with Crippen LogP contribution in [0.2, 0.25) is 5.02 Å². The Morgan fingerprint density at radius 2 is 1.79 bits per heavy atom. The van der Waals surface area contributed by atoms with E-state index in [-0.39, 0.29) is 16.7 Å². The van der Waals surface area contributed by atoms with Crippen molar-refractivity contribution in [2.45, 2.75) is 13.0 Å². The van der Waals surface area contributed by atoms with Crippen molar-refractivity contribution in [2.24, 2.45) is 0 Å². The molecule has 0 aromatic heterocycles. The van der Waals surface area contributed by atoms with E-state index in [1.807, 2.05) is 30.3 Å². The van der Waals surface area contributed by atoms with Gasteiger partial charge in [-0.15, -0.1) is 0 Å². The van der Waals surface area contributed by atoms with Crippen LogP contribution in [0.3, 0.4) is 0 Å². The zero-order valence-corrected chi connectivity index (χ0v) is 14.3. The Kier molecular flexibility index (Phi) is 5.02. The number of piperazine rings is 1.